The first-order valence-electron chi connectivity index (χ1n) is 7.05. The summed E-state index contributed by atoms with van der Waals surface area (Å²) in [7, 11) is 0. The summed E-state index contributed by atoms with van der Waals surface area (Å²) in [6, 6.07) is 5.44. The molecule has 22 heavy (non-hydrogen) atoms. The molecule has 0 spiro atoms. The van der Waals surface area contributed by atoms with Gasteiger partial charge in [0, 0.05) is 12.6 Å². The lowest BCUT2D eigenvalue weighted by Crippen LogP contribution is -2.25. The van der Waals surface area contributed by atoms with Crippen LogP contribution in [0.3, 0.4) is 0 Å². The molecule has 3 rings (SSSR count). The lowest BCUT2D eigenvalue weighted by molar-refractivity contribution is -0.117. The molecule has 0 aliphatic carbocycles. The van der Waals surface area contributed by atoms with Gasteiger partial charge in [-0.15, -0.1) is 0 Å². The first kappa shape index (κ1) is 14.8. The van der Waals surface area contributed by atoms with E-state index in [1.165, 1.54) is 11.8 Å². The summed E-state index contributed by atoms with van der Waals surface area (Å²) in [4.78, 5) is 28.3. The van der Waals surface area contributed by atoms with Crippen LogP contribution in [0.1, 0.15) is 34.4 Å². The van der Waals surface area contributed by atoms with Crippen LogP contribution in [0.25, 0.3) is 0 Å². The average Bonchev–Trinajstić information content (AvgIpc) is 2.91. The van der Waals surface area contributed by atoms with Gasteiger partial charge in [0.1, 0.15) is 22.3 Å². The van der Waals surface area contributed by atoms with E-state index < -0.39 is 0 Å². The number of carbonyl (C=O) groups excluding carboxylic acids is 2. The van der Waals surface area contributed by atoms with E-state index in [9.17, 15) is 9.59 Å². The minimum absolute atomic E-state index is 0.0677. The fourth-order valence-electron chi connectivity index (χ4n) is 2.27. The molecule has 0 bridgehead atoms. The molecule has 0 aromatic carbocycles. The van der Waals surface area contributed by atoms with Gasteiger partial charge in [0.2, 0.25) is 0 Å². The molecule has 0 radical (unpaired) electrons. The Labute approximate surface area is 132 Å². The van der Waals surface area contributed by atoms with Crippen molar-refractivity contribution in [1.82, 2.24) is 10.3 Å². The Morgan fingerprint density at radius 1 is 1.50 bits per heavy atom. The molecule has 1 N–H and O–H groups in total. The summed E-state index contributed by atoms with van der Waals surface area (Å²) in [6.07, 6.45) is 1.89. The Morgan fingerprint density at radius 3 is 3.05 bits per heavy atom. The molecular weight excluding hydrogens is 300 g/mol. The van der Waals surface area contributed by atoms with E-state index in [1.54, 1.807) is 12.3 Å². The SMILES string of the molecule is Cc1ccc(CNC(=O)c2cnc3c(c2)CC(=O)C(C)S3)o1. The van der Waals surface area contributed by atoms with Crippen molar-refractivity contribution in [2.75, 3.05) is 0 Å². The second-order valence-electron chi connectivity index (χ2n) is 5.29. The standard InChI is InChI=1S/C16H16N2O3S/c1-9-3-4-13(21-9)8-17-15(20)12-5-11-6-14(19)10(2)22-16(11)18-7-12/h3-5,7,10H,6,8H2,1-2H3,(H,17,20). The van der Waals surface area contributed by atoms with Gasteiger partial charge in [-0.3, -0.25) is 9.59 Å². The Kier molecular flexibility index (Phi) is 4.02. The van der Waals surface area contributed by atoms with Gasteiger partial charge in [-0.2, -0.15) is 0 Å². The van der Waals surface area contributed by atoms with Gasteiger partial charge in [-0.1, -0.05) is 11.8 Å². The fraction of sp³-hybridized carbons (Fsp3) is 0.312. The van der Waals surface area contributed by atoms with Crippen LogP contribution in [0.4, 0.5) is 0 Å². The second kappa shape index (κ2) is 5.96. The lowest BCUT2D eigenvalue weighted by atomic mass is 10.1. The molecule has 1 amide bonds. The number of rotatable bonds is 3. The summed E-state index contributed by atoms with van der Waals surface area (Å²) in [6.45, 7) is 4.06. The third-order valence-corrected chi connectivity index (χ3v) is 4.72. The molecule has 0 saturated heterocycles. The van der Waals surface area contributed by atoms with Crippen LogP contribution in [0, 0.1) is 6.92 Å². The molecule has 2 aromatic rings. The molecular formula is C16H16N2O3S. The minimum atomic E-state index is -0.222. The quantitative estimate of drug-likeness (QED) is 0.942. The topological polar surface area (TPSA) is 72.2 Å². The maximum absolute atomic E-state index is 12.2. The van der Waals surface area contributed by atoms with Crippen LogP contribution in [0.15, 0.2) is 33.8 Å². The van der Waals surface area contributed by atoms with E-state index in [4.69, 9.17) is 4.42 Å². The van der Waals surface area contributed by atoms with E-state index in [2.05, 4.69) is 10.3 Å². The highest BCUT2D eigenvalue weighted by atomic mass is 32.2. The largest absolute Gasteiger partial charge is 0.465 e. The summed E-state index contributed by atoms with van der Waals surface area (Å²) in [5, 5.41) is 3.56. The van der Waals surface area contributed by atoms with Gasteiger partial charge < -0.3 is 9.73 Å². The summed E-state index contributed by atoms with van der Waals surface area (Å²) >= 11 is 1.45. The van der Waals surface area contributed by atoms with Crippen LogP contribution in [-0.2, 0) is 17.8 Å². The van der Waals surface area contributed by atoms with Crippen LogP contribution >= 0.6 is 11.8 Å². The zero-order chi connectivity index (χ0) is 15.7. The molecule has 0 fully saturated rings. The smallest absolute Gasteiger partial charge is 0.253 e. The Morgan fingerprint density at radius 2 is 2.32 bits per heavy atom. The molecule has 2 aromatic heterocycles. The third-order valence-electron chi connectivity index (χ3n) is 3.51. The van der Waals surface area contributed by atoms with E-state index in [0.717, 1.165) is 16.3 Å². The highest BCUT2D eigenvalue weighted by molar-refractivity contribution is 8.00. The molecule has 1 aliphatic rings. The van der Waals surface area contributed by atoms with Gasteiger partial charge in [0.15, 0.2) is 0 Å². The van der Waals surface area contributed by atoms with Gasteiger partial charge >= 0.3 is 0 Å². The van der Waals surface area contributed by atoms with Crippen molar-refractivity contribution in [3.05, 3.63) is 47.0 Å². The summed E-state index contributed by atoms with van der Waals surface area (Å²) in [5.74, 6) is 1.46. The van der Waals surface area contributed by atoms with Crippen LogP contribution in [0.2, 0.25) is 0 Å². The number of aryl methyl sites for hydroxylation is 1. The van der Waals surface area contributed by atoms with Gasteiger partial charge in [-0.05, 0) is 37.6 Å². The normalized spacial score (nSPS) is 17.2. The lowest BCUT2D eigenvalue weighted by Gasteiger charge is -2.19. The highest BCUT2D eigenvalue weighted by Gasteiger charge is 2.25. The zero-order valence-electron chi connectivity index (χ0n) is 12.4. The van der Waals surface area contributed by atoms with E-state index >= 15 is 0 Å². The number of aromatic nitrogens is 1. The van der Waals surface area contributed by atoms with Crippen molar-refractivity contribution >= 4 is 23.5 Å². The molecule has 5 nitrogen and oxygen atoms in total. The maximum Gasteiger partial charge on any atom is 0.253 e. The van der Waals surface area contributed by atoms with Crippen molar-refractivity contribution in [3.8, 4) is 0 Å². The monoisotopic (exact) mass is 316 g/mol. The average molecular weight is 316 g/mol. The molecule has 1 atom stereocenters. The number of nitrogens with one attached hydrogen (secondary N) is 1. The Bertz CT molecular complexity index is 739. The molecule has 1 unspecified atom stereocenters. The molecule has 114 valence electrons. The Balaban J connectivity index is 1.71. The van der Waals surface area contributed by atoms with Crippen molar-refractivity contribution in [2.45, 2.75) is 37.1 Å². The van der Waals surface area contributed by atoms with Gasteiger partial charge in [-0.25, -0.2) is 4.98 Å². The second-order valence-corrected chi connectivity index (χ2v) is 6.62. The first-order chi connectivity index (χ1) is 10.5. The fourth-order valence-corrected chi connectivity index (χ4v) is 3.21. The highest BCUT2D eigenvalue weighted by Crippen LogP contribution is 2.31. The number of furan rings is 1. The van der Waals surface area contributed by atoms with E-state index in [1.807, 2.05) is 26.0 Å². The number of nitrogens with zero attached hydrogens (tertiary/aromatic N) is 1. The number of pyridine rings is 1. The molecule has 1 aliphatic heterocycles. The number of amides is 1. The van der Waals surface area contributed by atoms with Crippen LogP contribution in [0.5, 0.6) is 0 Å². The van der Waals surface area contributed by atoms with Crippen LogP contribution < -0.4 is 5.32 Å². The number of thioether (sulfide) groups is 1. The number of ketones is 1. The Hall–Kier alpha value is -2.08. The van der Waals surface area contributed by atoms with E-state index in [-0.39, 0.29) is 16.9 Å². The minimum Gasteiger partial charge on any atom is -0.465 e. The predicted molar refractivity (Wildman–Crippen MR) is 82.9 cm³/mol. The maximum atomic E-state index is 12.2. The molecule has 3 heterocycles. The van der Waals surface area contributed by atoms with E-state index in [0.29, 0.717) is 24.3 Å². The molecule has 0 saturated carbocycles. The van der Waals surface area contributed by atoms with Crippen molar-refractivity contribution < 1.29 is 14.0 Å². The van der Waals surface area contributed by atoms with Gasteiger partial charge in [0.25, 0.3) is 5.91 Å². The number of hydrogen-bond acceptors (Lipinski definition) is 5. The summed E-state index contributed by atoms with van der Waals surface area (Å²) in [5.41, 5.74) is 1.29. The van der Waals surface area contributed by atoms with Crippen molar-refractivity contribution in [2.24, 2.45) is 0 Å². The number of carbonyl (C=O) groups is 2. The first-order valence-corrected chi connectivity index (χ1v) is 7.92. The van der Waals surface area contributed by atoms with Crippen molar-refractivity contribution in [1.29, 1.82) is 0 Å². The van der Waals surface area contributed by atoms with Gasteiger partial charge in [0.05, 0.1) is 17.4 Å². The predicted octanol–water partition coefficient (Wildman–Crippen LogP) is 2.52. The summed E-state index contributed by atoms with van der Waals surface area (Å²) < 4.78 is 5.41. The molecule has 6 heteroatoms. The van der Waals surface area contributed by atoms with Crippen LogP contribution in [-0.4, -0.2) is 21.9 Å². The van der Waals surface area contributed by atoms with Crippen molar-refractivity contribution in [3.63, 3.8) is 0 Å². The number of fused-ring (bicyclic) bond motifs is 1. The third kappa shape index (κ3) is 3.06. The number of hydrogen-bond donors (Lipinski definition) is 1. The zero-order valence-corrected chi connectivity index (χ0v) is 13.2. The number of Topliss-reactive ketones (excluding diaryl/α,β-unsaturated/α-hetero) is 1.